The van der Waals surface area contributed by atoms with Gasteiger partial charge in [-0.15, -0.1) is 0 Å². The molecule has 1 aliphatic rings. The number of Topliss-reactive ketones (excluding diaryl/α,β-unsaturated/α-hetero) is 1. The Kier molecular flexibility index (Phi) is 7.77. The second kappa shape index (κ2) is 9.08. The zero-order valence-electron chi connectivity index (χ0n) is 12.6. The summed E-state index contributed by atoms with van der Waals surface area (Å²) in [5.74, 6) is -0.354. The Bertz CT molecular complexity index is 315. The summed E-state index contributed by atoms with van der Waals surface area (Å²) in [6.07, 6.45) is 4.08. The number of methoxy groups -OCH3 is 1. The molecule has 1 atom stereocenters. The van der Waals surface area contributed by atoms with Crippen LogP contribution in [0.2, 0.25) is 0 Å². The quantitative estimate of drug-likeness (QED) is 0.369. The second-order valence-electron chi connectivity index (χ2n) is 5.14. The monoisotopic (exact) mass is 286 g/mol. The Balaban J connectivity index is 2.50. The summed E-state index contributed by atoms with van der Waals surface area (Å²) in [6.45, 7) is 3.72. The molecule has 0 bridgehead atoms. The largest absolute Gasteiger partial charge is 0.465 e. The van der Waals surface area contributed by atoms with Gasteiger partial charge in [-0.05, 0) is 32.6 Å². The minimum Gasteiger partial charge on any atom is -0.465 e. The van der Waals surface area contributed by atoms with E-state index in [0.717, 1.165) is 19.3 Å². The normalized spacial score (nSPS) is 22.8. The Hall–Kier alpha value is -0.940. The van der Waals surface area contributed by atoms with Crippen LogP contribution in [0.15, 0.2) is 0 Å². The zero-order chi connectivity index (χ0) is 14.8. The first kappa shape index (κ1) is 17.1. The number of rotatable bonds is 9. The lowest BCUT2D eigenvalue weighted by Gasteiger charge is -2.33. The molecule has 1 rings (SSSR count). The van der Waals surface area contributed by atoms with Gasteiger partial charge in [0.05, 0.1) is 6.61 Å². The third kappa shape index (κ3) is 4.56. The predicted molar refractivity (Wildman–Crippen MR) is 74.5 cm³/mol. The van der Waals surface area contributed by atoms with Gasteiger partial charge in [-0.2, -0.15) is 0 Å². The van der Waals surface area contributed by atoms with E-state index >= 15 is 0 Å². The van der Waals surface area contributed by atoms with Crippen molar-refractivity contribution in [3.8, 4) is 0 Å². The van der Waals surface area contributed by atoms with Gasteiger partial charge in [-0.3, -0.25) is 9.59 Å². The van der Waals surface area contributed by atoms with Crippen molar-refractivity contribution in [2.45, 2.75) is 45.4 Å². The van der Waals surface area contributed by atoms with Crippen LogP contribution in [0.25, 0.3) is 0 Å². The fourth-order valence-electron chi connectivity index (χ4n) is 2.60. The van der Waals surface area contributed by atoms with Crippen LogP contribution in [0.5, 0.6) is 0 Å². The van der Waals surface area contributed by atoms with Gasteiger partial charge >= 0.3 is 5.97 Å². The molecule has 1 saturated carbocycles. The van der Waals surface area contributed by atoms with Crippen LogP contribution in [-0.4, -0.2) is 45.3 Å². The van der Waals surface area contributed by atoms with E-state index in [9.17, 15) is 9.59 Å². The van der Waals surface area contributed by atoms with Gasteiger partial charge in [-0.25, -0.2) is 0 Å². The van der Waals surface area contributed by atoms with Crippen molar-refractivity contribution < 1.29 is 23.8 Å². The van der Waals surface area contributed by atoms with E-state index in [1.165, 1.54) is 0 Å². The Morgan fingerprint density at radius 3 is 2.70 bits per heavy atom. The highest BCUT2D eigenvalue weighted by atomic mass is 16.5. The molecule has 1 aliphatic carbocycles. The van der Waals surface area contributed by atoms with Crippen LogP contribution in [0.1, 0.15) is 45.4 Å². The number of carbonyl (C=O) groups is 2. The summed E-state index contributed by atoms with van der Waals surface area (Å²) in [7, 11) is 1.65. The first-order valence-electron chi connectivity index (χ1n) is 7.44. The summed E-state index contributed by atoms with van der Waals surface area (Å²) < 4.78 is 15.6. The third-order valence-electron chi connectivity index (χ3n) is 3.77. The third-order valence-corrected chi connectivity index (χ3v) is 3.77. The maximum absolute atomic E-state index is 12.2. The topological polar surface area (TPSA) is 61.8 Å². The summed E-state index contributed by atoms with van der Waals surface area (Å²) in [5, 5.41) is 0. The summed E-state index contributed by atoms with van der Waals surface area (Å²) >= 11 is 0. The second-order valence-corrected chi connectivity index (χ2v) is 5.14. The van der Waals surface area contributed by atoms with Gasteiger partial charge in [0, 0.05) is 33.4 Å². The van der Waals surface area contributed by atoms with Crippen molar-refractivity contribution in [1.29, 1.82) is 0 Å². The molecule has 0 aromatic rings. The average Bonchev–Trinajstić information content (AvgIpc) is 2.45. The molecule has 1 fully saturated rings. The van der Waals surface area contributed by atoms with E-state index in [0.29, 0.717) is 45.7 Å². The number of ether oxygens (including phenoxy) is 3. The van der Waals surface area contributed by atoms with Crippen molar-refractivity contribution in [2.75, 3.05) is 33.5 Å². The fourth-order valence-corrected chi connectivity index (χ4v) is 2.60. The molecule has 0 aromatic carbocycles. The highest BCUT2D eigenvalue weighted by molar-refractivity contribution is 6.04. The van der Waals surface area contributed by atoms with E-state index in [4.69, 9.17) is 14.2 Å². The minimum absolute atomic E-state index is 0.0164. The molecule has 5 nitrogen and oxygen atoms in total. The predicted octanol–water partition coefficient (Wildman–Crippen LogP) is 2.12. The molecule has 0 heterocycles. The maximum Gasteiger partial charge on any atom is 0.319 e. The van der Waals surface area contributed by atoms with Crippen LogP contribution in [0, 0.1) is 5.41 Å². The molecule has 0 aliphatic heterocycles. The SMILES string of the molecule is CCOC(=O)C1(CCOCCCOC)CCCCC1=O. The van der Waals surface area contributed by atoms with Crippen LogP contribution < -0.4 is 0 Å². The van der Waals surface area contributed by atoms with Crippen molar-refractivity contribution >= 4 is 11.8 Å². The minimum atomic E-state index is -0.963. The highest BCUT2D eigenvalue weighted by Gasteiger charge is 2.47. The molecule has 0 aromatic heterocycles. The molecule has 1 unspecified atom stereocenters. The lowest BCUT2D eigenvalue weighted by atomic mass is 9.71. The molecular weight excluding hydrogens is 260 g/mol. The van der Waals surface area contributed by atoms with Crippen molar-refractivity contribution in [1.82, 2.24) is 0 Å². The molecule has 0 spiro atoms. The van der Waals surface area contributed by atoms with E-state index in [1.807, 2.05) is 0 Å². The van der Waals surface area contributed by atoms with Gasteiger partial charge in [0.2, 0.25) is 0 Å². The van der Waals surface area contributed by atoms with Gasteiger partial charge in [0.15, 0.2) is 0 Å². The van der Waals surface area contributed by atoms with Gasteiger partial charge in [0.1, 0.15) is 11.2 Å². The smallest absolute Gasteiger partial charge is 0.319 e. The van der Waals surface area contributed by atoms with E-state index in [1.54, 1.807) is 14.0 Å². The Labute approximate surface area is 121 Å². The molecule has 20 heavy (non-hydrogen) atoms. The number of hydrogen-bond acceptors (Lipinski definition) is 5. The lowest BCUT2D eigenvalue weighted by molar-refractivity contribution is -0.163. The molecule has 0 amide bonds. The molecule has 0 saturated heterocycles. The van der Waals surface area contributed by atoms with Crippen LogP contribution in [0.3, 0.4) is 0 Å². The molecule has 116 valence electrons. The van der Waals surface area contributed by atoms with Gasteiger partial charge < -0.3 is 14.2 Å². The number of esters is 1. The van der Waals surface area contributed by atoms with E-state index in [2.05, 4.69) is 0 Å². The Morgan fingerprint density at radius 2 is 2.05 bits per heavy atom. The highest BCUT2D eigenvalue weighted by Crippen LogP contribution is 2.37. The maximum atomic E-state index is 12.2. The fraction of sp³-hybridized carbons (Fsp3) is 0.867. The van der Waals surface area contributed by atoms with Gasteiger partial charge in [0.25, 0.3) is 0 Å². The number of ketones is 1. The molecular formula is C15H26O5. The summed E-state index contributed by atoms with van der Waals surface area (Å²) in [4.78, 5) is 24.4. The number of hydrogen-bond donors (Lipinski definition) is 0. The van der Waals surface area contributed by atoms with Crippen molar-refractivity contribution in [3.63, 3.8) is 0 Å². The van der Waals surface area contributed by atoms with Crippen LogP contribution in [0.4, 0.5) is 0 Å². The lowest BCUT2D eigenvalue weighted by Crippen LogP contribution is -2.43. The standard InChI is InChI=1S/C15H26O5/c1-3-20-14(17)15(8-5-4-7-13(15)16)9-12-19-11-6-10-18-2/h3-12H2,1-2H3. The Morgan fingerprint density at radius 1 is 1.25 bits per heavy atom. The zero-order valence-corrected chi connectivity index (χ0v) is 12.6. The average molecular weight is 286 g/mol. The number of carbonyl (C=O) groups excluding carboxylic acids is 2. The summed E-state index contributed by atoms with van der Waals surface area (Å²) in [5.41, 5.74) is -0.963. The van der Waals surface area contributed by atoms with Crippen molar-refractivity contribution in [3.05, 3.63) is 0 Å². The molecule has 5 heteroatoms. The van der Waals surface area contributed by atoms with Crippen LogP contribution in [-0.2, 0) is 23.8 Å². The summed E-state index contributed by atoms with van der Waals surface area (Å²) in [6, 6.07) is 0. The van der Waals surface area contributed by atoms with Gasteiger partial charge in [-0.1, -0.05) is 6.42 Å². The molecule has 0 N–H and O–H groups in total. The first-order chi connectivity index (χ1) is 9.67. The van der Waals surface area contributed by atoms with Crippen molar-refractivity contribution in [2.24, 2.45) is 5.41 Å². The van der Waals surface area contributed by atoms with E-state index in [-0.39, 0.29) is 11.8 Å². The van der Waals surface area contributed by atoms with Crippen LogP contribution >= 0.6 is 0 Å². The van der Waals surface area contributed by atoms with E-state index < -0.39 is 5.41 Å². The molecule has 0 radical (unpaired) electrons. The first-order valence-corrected chi connectivity index (χ1v) is 7.44.